The summed E-state index contributed by atoms with van der Waals surface area (Å²) in [5, 5.41) is 12.4. The van der Waals surface area contributed by atoms with Crippen molar-refractivity contribution < 1.29 is 9.59 Å². The maximum Gasteiger partial charge on any atom is 0.224 e. The Morgan fingerprint density at radius 2 is 1.97 bits per heavy atom. The van der Waals surface area contributed by atoms with E-state index in [0.717, 1.165) is 79.4 Å². The number of hydrogen-bond donors (Lipinski definition) is 1. The number of ketones is 2. The van der Waals surface area contributed by atoms with Crippen molar-refractivity contribution in [2.24, 2.45) is 11.8 Å². The van der Waals surface area contributed by atoms with Crippen molar-refractivity contribution >= 4 is 28.9 Å². The Kier molecular flexibility index (Phi) is 6.61. The number of aryl methyl sites for hydroxylation is 2. The van der Waals surface area contributed by atoms with Crippen LogP contribution in [0.2, 0.25) is 0 Å². The van der Waals surface area contributed by atoms with Gasteiger partial charge in [-0.05, 0) is 87.3 Å². The molecule has 7 rings (SSSR count). The van der Waals surface area contributed by atoms with Gasteiger partial charge in [0.25, 0.3) is 0 Å². The van der Waals surface area contributed by atoms with E-state index >= 15 is 0 Å². The third-order valence-corrected chi connectivity index (χ3v) is 10.6. The molecule has 8 heteroatoms. The van der Waals surface area contributed by atoms with Crippen LogP contribution in [0.5, 0.6) is 0 Å². The molecular weight excluding hydrogens is 506 g/mol. The molecule has 0 aromatic carbocycles. The monoisotopic (exact) mass is 543 g/mol. The number of carbonyl (C=O) groups is 2. The minimum atomic E-state index is 0.212. The summed E-state index contributed by atoms with van der Waals surface area (Å²) < 4.78 is 2.19. The van der Waals surface area contributed by atoms with Gasteiger partial charge in [0.1, 0.15) is 12.1 Å². The molecule has 3 aromatic rings. The average Bonchev–Trinajstić information content (AvgIpc) is 3.84. The van der Waals surface area contributed by atoms with E-state index < -0.39 is 0 Å². The van der Waals surface area contributed by atoms with Crippen LogP contribution in [0.15, 0.2) is 24.7 Å². The second kappa shape index (κ2) is 10.3. The molecule has 4 aliphatic rings. The van der Waals surface area contributed by atoms with E-state index in [4.69, 9.17) is 0 Å². The minimum absolute atomic E-state index is 0.212. The molecule has 7 nitrogen and oxygen atoms in total. The van der Waals surface area contributed by atoms with Crippen LogP contribution in [0.1, 0.15) is 107 Å². The van der Waals surface area contributed by atoms with E-state index in [-0.39, 0.29) is 17.7 Å². The van der Waals surface area contributed by atoms with E-state index in [1.54, 1.807) is 11.3 Å². The van der Waals surface area contributed by atoms with Gasteiger partial charge in [0, 0.05) is 58.1 Å². The van der Waals surface area contributed by atoms with Crippen LogP contribution in [-0.2, 0) is 24.1 Å². The Hall–Kier alpha value is -2.87. The van der Waals surface area contributed by atoms with Gasteiger partial charge in [-0.1, -0.05) is 18.9 Å². The number of carbonyl (C=O) groups excluding carboxylic acids is 2. The van der Waals surface area contributed by atoms with Gasteiger partial charge in [-0.2, -0.15) is 0 Å². The number of anilines is 1. The van der Waals surface area contributed by atoms with E-state index in [0.29, 0.717) is 30.6 Å². The molecule has 0 spiro atoms. The second-order valence-electron chi connectivity index (χ2n) is 12.3. The van der Waals surface area contributed by atoms with Gasteiger partial charge in [-0.3, -0.25) is 19.1 Å². The summed E-state index contributed by atoms with van der Waals surface area (Å²) in [4.78, 5) is 33.1. The summed E-state index contributed by atoms with van der Waals surface area (Å²) in [5.74, 6) is 2.90. The second-order valence-corrected chi connectivity index (χ2v) is 13.5. The Bertz CT molecular complexity index is 1380. The van der Waals surface area contributed by atoms with Gasteiger partial charge < -0.3 is 5.32 Å². The largest absolute Gasteiger partial charge is 0.352 e. The fourth-order valence-electron chi connectivity index (χ4n) is 6.41. The zero-order chi connectivity index (χ0) is 26.5. The highest BCUT2D eigenvalue weighted by molar-refractivity contribution is 7.12. The lowest BCUT2D eigenvalue weighted by Crippen LogP contribution is -2.35. The highest BCUT2D eigenvalue weighted by atomic mass is 32.1. The van der Waals surface area contributed by atoms with Gasteiger partial charge in [0.15, 0.2) is 5.78 Å². The summed E-state index contributed by atoms with van der Waals surface area (Å²) in [6.07, 6.45) is 15.3. The lowest BCUT2D eigenvalue weighted by Gasteiger charge is -2.36. The Morgan fingerprint density at radius 1 is 1.13 bits per heavy atom. The molecule has 0 aliphatic heterocycles. The van der Waals surface area contributed by atoms with Gasteiger partial charge in [0.05, 0.1) is 0 Å². The predicted octanol–water partition coefficient (Wildman–Crippen LogP) is 6.03. The molecule has 3 fully saturated rings. The predicted molar refractivity (Wildman–Crippen MR) is 151 cm³/mol. The molecule has 0 amide bonds. The molecule has 0 unspecified atom stereocenters. The topological polar surface area (TPSA) is 89.8 Å². The maximum atomic E-state index is 13.6. The number of thiophene rings is 1. The summed E-state index contributed by atoms with van der Waals surface area (Å²) >= 11 is 1.74. The molecule has 1 N–H and O–H groups in total. The van der Waals surface area contributed by atoms with Crippen molar-refractivity contribution in [3.8, 4) is 0 Å². The van der Waals surface area contributed by atoms with Crippen LogP contribution >= 0.6 is 11.3 Å². The maximum absolute atomic E-state index is 13.6. The lowest BCUT2D eigenvalue weighted by molar-refractivity contribution is -0.119. The van der Waals surface area contributed by atoms with E-state index in [1.807, 2.05) is 19.4 Å². The quantitative estimate of drug-likeness (QED) is 0.297. The van der Waals surface area contributed by atoms with Crippen molar-refractivity contribution in [2.75, 3.05) is 5.32 Å². The third-order valence-electron chi connectivity index (χ3n) is 9.27. The first kappa shape index (κ1) is 25.1. The molecule has 0 saturated heterocycles. The van der Waals surface area contributed by atoms with E-state index in [2.05, 4.69) is 37.2 Å². The normalized spacial score (nSPS) is 24.2. The number of fused-ring (bicyclic) bond motifs is 1. The number of rotatable bonds is 11. The number of nitrogens with zero attached hydrogens (tertiary/aromatic N) is 4. The average molecular weight is 544 g/mol. The summed E-state index contributed by atoms with van der Waals surface area (Å²) in [6, 6.07) is 4.87. The third kappa shape index (κ3) is 5.32. The highest BCUT2D eigenvalue weighted by Gasteiger charge is 2.36. The highest BCUT2D eigenvalue weighted by Crippen LogP contribution is 2.43. The SMILES string of the molecule is Cc1ccc(C2CC(Nc3nncn3[C@H]3CCc4sc(CC(=O)C5CC5)c(C(=O)CCC5CC5)c4C3)C2)cn1. The van der Waals surface area contributed by atoms with Crippen molar-refractivity contribution in [3.05, 3.63) is 56.8 Å². The smallest absolute Gasteiger partial charge is 0.224 e. The molecule has 39 heavy (non-hydrogen) atoms. The van der Waals surface area contributed by atoms with Crippen LogP contribution in [-0.4, -0.2) is 37.4 Å². The molecule has 3 heterocycles. The standard InChI is InChI=1S/C31H37N5O2S/c1-18-2-6-21(16-32-18)22-12-23(13-22)34-31-35-33-17-36(31)24-9-11-28-25(14-24)30(26(37)10-5-19-3-4-19)29(39-28)15-27(38)20-7-8-20/h2,6,16-17,19-20,22-24H,3-5,7-15H2,1H3,(H,34,35)/t22?,23?,24-/m0/s1. The van der Waals surface area contributed by atoms with Crippen LogP contribution in [0.4, 0.5) is 5.95 Å². The Balaban J connectivity index is 1.06. The van der Waals surface area contributed by atoms with Gasteiger partial charge in [-0.25, -0.2) is 0 Å². The number of aromatic nitrogens is 4. The van der Waals surface area contributed by atoms with Gasteiger partial charge >= 0.3 is 0 Å². The number of hydrogen-bond acceptors (Lipinski definition) is 7. The number of Topliss-reactive ketones (excluding diaryl/α,β-unsaturated/α-hetero) is 2. The number of nitrogens with one attached hydrogen (secondary N) is 1. The van der Waals surface area contributed by atoms with Gasteiger partial charge in [-0.15, -0.1) is 21.5 Å². The van der Waals surface area contributed by atoms with Crippen LogP contribution in [0.25, 0.3) is 0 Å². The summed E-state index contributed by atoms with van der Waals surface area (Å²) in [5.41, 5.74) is 4.46. The molecular formula is C31H37N5O2S. The van der Waals surface area contributed by atoms with Crippen molar-refractivity contribution in [1.29, 1.82) is 0 Å². The van der Waals surface area contributed by atoms with Crippen LogP contribution in [0, 0.1) is 18.8 Å². The first-order valence-corrected chi connectivity index (χ1v) is 15.6. The fraction of sp³-hybridized carbons (Fsp3) is 0.581. The molecule has 0 bridgehead atoms. The lowest BCUT2D eigenvalue weighted by atomic mass is 9.76. The first-order valence-electron chi connectivity index (χ1n) is 14.8. The van der Waals surface area contributed by atoms with Crippen LogP contribution in [0.3, 0.4) is 0 Å². The summed E-state index contributed by atoms with van der Waals surface area (Å²) in [7, 11) is 0. The molecule has 3 saturated carbocycles. The molecule has 3 aromatic heterocycles. The van der Waals surface area contributed by atoms with Crippen LogP contribution < -0.4 is 5.32 Å². The molecule has 4 aliphatic carbocycles. The first-order chi connectivity index (χ1) is 19.0. The van der Waals surface area contributed by atoms with Crippen molar-refractivity contribution in [3.63, 3.8) is 0 Å². The summed E-state index contributed by atoms with van der Waals surface area (Å²) in [6.45, 7) is 2.02. The minimum Gasteiger partial charge on any atom is -0.352 e. The zero-order valence-corrected chi connectivity index (χ0v) is 23.5. The molecule has 204 valence electrons. The van der Waals surface area contributed by atoms with E-state index in [1.165, 1.54) is 28.8 Å². The van der Waals surface area contributed by atoms with Gasteiger partial charge in [0.2, 0.25) is 5.95 Å². The molecule has 1 atom stereocenters. The molecule has 0 radical (unpaired) electrons. The zero-order valence-electron chi connectivity index (χ0n) is 22.7. The van der Waals surface area contributed by atoms with Crippen molar-refractivity contribution in [1.82, 2.24) is 19.7 Å². The van der Waals surface area contributed by atoms with E-state index in [9.17, 15) is 9.59 Å². The fourth-order valence-corrected chi connectivity index (χ4v) is 7.79. The van der Waals surface area contributed by atoms with Crippen molar-refractivity contribution in [2.45, 2.75) is 102 Å². The Morgan fingerprint density at radius 3 is 2.72 bits per heavy atom. The Labute approximate surface area is 233 Å². The number of pyridine rings is 1.